The van der Waals surface area contributed by atoms with Gasteiger partial charge in [-0.3, -0.25) is 9.52 Å². The molecule has 1 N–H and O–H groups in total. The summed E-state index contributed by atoms with van der Waals surface area (Å²) < 4.78 is 40.3. The molecule has 0 aromatic heterocycles. The van der Waals surface area contributed by atoms with Gasteiger partial charge < -0.3 is 0 Å². The number of sulfonamides is 1. The number of amides is 1. The first-order chi connectivity index (χ1) is 13.2. The van der Waals surface area contributed by atoms with Crippen molar-refractivity contribution in [3.05, 3.63) is 65.5 Å². The zero-order valence-corrected chi connectivity index (χ0v) is 16.7. The molecule has 0 unspecified atom stereocenters. The minimum Gasteiger partial charge on any atom is -0.283 e. The number of carbonyl (C=O) groups is 1. The molecule has 1 aliphatic heterocycles. The smallest absolute Gasteiger partial charge is 0.245 e. The van der Waals surface area contributed by atoms with Gasteiger partial charge in [0.25, 0.3) is 0 Å². The van der Waals surface area contributed by atoms with Crippen LogP contribution in [0.1, 0.15) is 37.4 Å². The van der Waals surface area contributed by atoms with E-state index in [1.54, 1.807) is 56.3 Å². The monoisotopic (exact) mass is 403 g/mol. The van der Waals surface area contributed by atoms with Crippen LogP contribution in [0.5, 0.6) is 0 Å². The van der Waals surface area contributed by atoms with Gasteiger partial charge >= 0.3 is 0 Å². The van der Waals surface area contributed by atoms with Gasteiger partial charge in [-0.1, -0.05) is 50.2 Å². The summed E-state index contributed by atoms with van der Waals surface area (Å²) in [5.41, 5.74) is 1.77. The van der Waals surface area contributed by atoms with Gasteiger partial charge in [-0.15, -0.1) is 0 Å². The molecule has 0 saturated carbocycles. The molecule has 1 amide bonds. The number of anilines is 1. The molecule has 0 radical (unpaired) electrons. The predicted molar refractivity (Wildman–Crippen MR) is 107 cm³/mol. The van der Waals surface area contributed by atoms with Crippen LogP contribution in [0, 0.1) is 11.7 Å². The van der Waals surface area contributed by atoms with Crippen molar-refractivity contribution in [1.29, 1.82) is 0 Å². The highest BCUT2D eigenvalue weighted by Crippen LogP contribution is 2.37. The predicted octanol–water partition coefficient (Wildman–Crippen LogP) is 3.53. The van der Waals surface area contributed by atoms with Crippen molar-refractivity contribution in [3.8, 4) is 0 Å². The van der Waals surface area contributed by atoms with Crippen LogP contribution >= 0.6 is 0 Å². The Hall–Kier alpha value is -2.74. The summed E-state index contributed by atoms with van der Waals surface area (Å²) >= 11 is 0. The third-order valence-corrected chi connectivity index (χ3v) is 5.02. The second-order valence-corrected chi connectivity index (χ2v) is 8.79. The Bertz CT molecular complexity index is 1030. The molecule has 0 bridgehead atoms. The molecule has 1 heterocycles. The molecule has 28 heavy (non-hydrogen) atoms. The fourth-order valence-electron chi connectivity index (χ4n) is 3.16. The standard InChI is InChI=1S/C20H22FN3O3S/c1-13(2)20(25)24-19(12-18(22-24)14-8-4-6-10-16(14)21)15-9-5-7-11-17(15)23-28(3,26)27/h4-11,13,19,23H,12H2,1-3H3/t19-/m0/s1. The molecule has 8 heteroatoms. The van der Waals surface area contributed by atoms with Crippen molar-refractivity contribution < 1.29 is 17.6 Å². The first-order valence-electron chi connectivity index (χ1n) is 8.89. The zero-order chi connectivity index (χ0) is 20.5. The first-order valence-corrected chi connectivity index (χ1v) is 10.8. The molecule has 2 aromatic rings. The van der Waals surface area contributed by atoms with Gasteiger partial charge in [0.15, 0.2) is 0 Å². The Morgan fingerprint density at radius 1 is 1.18 bits per heavy atom. The van der Waals surface area contributed by atoms with Gasteiger partial charge in [0, 0.05) is 23.5 Å². The van der Waals surface area contributed by atoms with E-state index in [0.717, 1.165) is 6.26 Å². The molecule has 0 saturated heterocycles. The number of carbonyl (C=O) groups excluding carboxylic acids is 1. The van der Waals surface area contributed by atoms with Crippen LogP contribution < -0.4 is 4.72 Å². The number of halogens is 1. The molecule has 0 fully saturated rings. The van der Waals surface area contributed by atoms with Crippen LogP contribution in [0.4, 0.5) is 10.1 Å². The molecule has 148 valence electrons. The summed E-state index contributed by atoms with van der Waals surface area (Å²) in [4.78, 5) is 12.8. The lowest BCUT2D eigenvalue weighted by atomic mass is 9.96. The van der Waals surface area contributed by atoms with Gasteiger partial charge in [0.1, 0.15) is 5.82 Å². The number of benzene rings is 2. The van der Waals surface area contributed by atoms with Crippen LogP contribution in [0.3, 0.4) is 0 Å². The number of rotatable bonds is 5. The maximum atomic E-state index is 14.3. The highest BCUT2D eigenvalue weighted by molar-refractivity contribution is 7.92. The van der Waals surface area contributed by atoms with E-state index in [2.05, 4.69) is 9.82 Å². The van der Waals surface area contributed by atoms with Gasteiger partial charge in [-0.2, -0.15) is 5.10 Å². The SMILES string of the molecule is CC(C)C(=O)N1N=C(c2ccccc2F)C[C@H]1c1ccccc1NS(C)(=O)=O. The van der Waals surface area contributed by atoms with Gasteiger partial charge in [0.2, 0.25) is 15.9 Å². The van der Waals surface area contributed by atoms with Crippen LogP contribution in [-0.2, 0) is 14.8 Å². The normalized spacial score (nSPS) is 17.0. The molecular formula is C20H22FN3O3S. The quantitative estimate of drug-likeness (QED) is 0.829. The number of hydrogen-bond donors (Lipinski definition) is 1. The minimum atomic E-state index is -3.51. The Morgan fingerprint density at radius 2 is 1.82 bits per heavy atom. The number of nitrogens with zero attached hydrogens (tertiary/aromatic N) is 2. The Balaban J connectivity index is 2.06. The third-order valence-electron chi connectivity index (χ3n) is 4.43. The number of para-hydroxylation sites is 1. The van der Waals surface area contributed by atoms with E-state index in [1.165, 1.54) is 11.1 Å². The molecule has 0 spiro atoms. The Kier molecular flexibility index (Phi) is 5.51. The van der Waals surface area contributed by atoms with E-state index in [4.69, 9.17) is 0 Å². The number of hydrogen-bond acceptors (Lipinski definition) is 4. The first kappa shape index (κ1) is 20.0. The van der Waals surface area contributed by atoms with Crippen molar-refractivity contribution in [2.24, 2.45) is 11.0 Å². The largest absolute Gasteiger partial charge is 0.283 e. The fraction of sp³-hybridized carbons (Fsp3) is 0.300. The maximum absolute atomic E-state index is 14.3. The fourth-order valence-corrected chi connectivity index (χ4v) is 3.74. The van der Waals surface area contributed by atoms with Crippen molar-refractivity contribution >= 4 is 27.3 Å². The van der Waals surface area contributed by atoms with Gasteiger partial charge in [0.05, 0.1) is 23.7 Å². The summed E-state index contributed by atoms with van der Waals surface area (Å²) in [7, 11) is -3.51. The molecule has 1 aliphatic rings. The Morgan fingerprint density at radius 3 is 2.46 bits per heavy atom. The Labute approximate surface area is 164 Å². The van der Waals surface area contributed by atoms with E-state index in [1.807, 2.05) is 0 Å². The second kappa shape index (κ2) is 7.71. The van der Waals surface area contributed by atoms with Crippen molar-refractivity contribution in [1.82, 2.24) is 5.01 Å². The van der Waals surface area contributed by atoms with Crippen LogP contribution in [-0.4, -0.2) is 31.3 Å². The summed E-state index contributed by atoms with van der Waals surface area (Å²) in [6.45, 7) is 3.52. The molecule has 3 rings (SSSR count). The summed E-state index contributed by atoms with van der Waals surface area (Å²) in [6.07, 6.45) is 1.35. The highest BCUT2D eigenvalue weighted by Gasteiger charge is 2.36. The van der Waals surface area contributed by atoms with Crippen molar-refractivity contribution in [2.45, 2.75) is 26.3 Å². The third kappa shape index (κ3) is 4.22. The van der Waals surface area contributed by atoms with Crippen molar-refractivity contribution in [2.75, 3.05) is 11.0 Å². The number of hydrazone groups is 1. The van der Waals surface area contributed by atoms with E-state index >= 15 is 0 Å². The summed E-state index contributed by atoms with van der Waals surface area (Å²) in [5, 5.41) is 5.76. The van der Waals surface area contributed by atoms with Crippen LogP contribution in [0.25, 0.3) is 0 Å². The summed E-state index contributed by atoms with van der Waals surface area (Å²) in [6, 6.07) is 12.6. The number of nitrogens with one attached hydrogen (secondary N) is 1. The van der Waals surface area contributed by atoms with Gasteiger partial charge in [-0.05, 0) is 12.1 Å². The summed E-state index contributed by atoms with van der Waals surface area (Å²) in [5.74, 6) is -0.951. The lowest BCUT2D eigenvalue weighted by Gasteiger charge is -2.25. The second-order valence-electron chi connectivity index (χ2n) is 7.05. The molecule has 2 aromatic carbocycles. The van der Waals surface area contributed by atoms with Gasteiger partial charge in [-0.25, -0.2) is 17.8 Å². The maximum Gasteiger partial charge on any atom is 0.245 e. The van der Waals surface area contributed by atoms with E-state index in [9.17, 15) is 17.6 Å². The molecule has 0 aliphatic carbocycles. The topological polar surface area (TPSA) is 78.8 Å². The van der Waals surface area contributed by atoms with Crippen molar-refractivity contribution in [3.63, 3.8) is 0 Å². The lowest BCUT2D eigenvalue weighted by molar-refractivity contribution is -0.136. The molecule has 6 nitrogen and oxygen atoms in total. The van der Waals surface area contributed by atoms with E-state index in [-0.39, 0.29) is 18.2 Å². The van der Waals surface area contributed by atoms with E-state index in [0.29, 0.717) is 22.5 Å². The average molecular weight is 403 g/mol. The lowest BCUT2D eigenvalue weighted by Crippen LogP contribution is -2.31. The van der Waals surface area contributed by atoms with Crippen LogP contribution in [0.15, 0.2) is 53.6 Å². The highest BCUT2D eigenvalue weighted by atomic mass is 32.2. The average Bonchev–Trinajstić information content (AvgIpc) is 3.05. The van der Waals surface area contributed by atoms with E-state index < -0.39 is 21.9 Å². The van der Waals surface area contributed by atoms with Crippen LogP contribution in [0.2, 0.25) is 0 Å². The minimum absolute atomic E-state index is 0.217. The molecule has 1 atom stereocenters. The zero-order valence-electron chi connectivity index (χ0n) is 15.9. The molecular weight excluding hydrogens is 381 g/mol.